The lowest BCUT2D eigenvalue weighted by atomic mass is 10.0. The second-order valence-corrected chi connectivity index (χ2v) is 4.21. The van der Waals surface area contributed by atoms with Crippen molar-refractivity contribution in [3.63, 3.8) is 0 Å². The number of aliphatic hydroxyl groups is 1. The zero-order chi connectivity index (χ0) is 14.9. The lowest BCUT2D eigenvalue weighted by Crippen LogP contribution is -2.45. The zero-order valence-corrected chi connectivity index (χ0v) is 10.6. The van der Waals surface area contributed by atoms with Gasteiger partial charge >= 0.3 is 5.97 Å². The number of amides is 1. The first-order valence-corrected chi connectivity index (χ1v) is 5.79. The average molecular weight is 276 g/mol. The van der Waals surface area contributed by atoms with Gasteiger partial charge in [0.05, 0.1) is 25.3 Å². The first-order valence-electron chi connectivity index (χ1n) is 5.79. The Morgan fingerprint density at radius 3 is 2.80 bits per heavy atom. The van der Waals surface area contributed by atoms with Gasteiger partial charge in [0.25, 0.3) is 5.91 Å². The van der Waals surface area contributed by atoms with Crippen LogP contribution in [0.4, 0.5) is 0 Å². The number of carboxylic acid groups (broad SMARTS) is 1. The monoisotopic (exact) mass is 276 g/mol. The third-order valence-electron chi connectivity index (χ3n) is 3.22. The van der Waals surface area contributed by atoms with Crippen LogP contribution in [0.25, 0.3) is 0 Å². The van der Waals surface area contributed by atoms with Crippen LogP contribution in [0, 0.1) is 11.3 Å². The van der Waals surface area contributed by atoms with E-state index in [2.05, 4.69) is 0 Å². The maximum absolute atomic E-state index is 12.4. The van der Waals surface area contributed by atoms with Crippen LogP contribution in [0.15, 0.2) is 18.2 Å². The lowest BCUT2D eigenvalue weighted by Gasteiger charge is -2.25. The zero-order valence-electron chi connectivity index (χ0n) is 10.6. The van der Waals surface area contributed by atoms with Gasteiger partial charge in [-0.1, -0.05) is 12.1 Å². The van der Waals surface area contributed by atoms with E-state index < -0.39 is 30.6 Å². The molecule has 1 aromatic carbocycles. The van der Waals surface area contributed by atoms with Gasteiger partial charge in [0.1, 0.15) is 11.8 Å². The Hall–Kier alpha value is -2.59. The van der Waals surface area contributed by atoms with Gasteiger partial charge in [0.15, 0.2) is 6.04 Å². The minimum Gasteiger partial charge on any atom is -0.496 e. The standard InChI is InChI=1S/C13H12N2O5/c1-20-10-4-2-3-7-8(5-14)15(12(17)11(7)10)9(6-16)13(18)19/h2-4,8-9,16H,6H2,1H3,(H,18,19). The molecule has 1 aliphatic rings. The van der Waals surface area contributed by atoms with E-state index in [1.165, 1.54) is 7.11 Å². The largest absolute Gasteiger partial charge is 0.496 e. The topological polar surface area (TPSA) is 111 Å². The molecular weight excluding hydrogens is 264 g/mol. The molecule has 2 unspecified atom stereocenters. The molecule has 20 heavy (non-hydrogen) atoms. The Bertz CT molecular complexity index is 607. The quantitative estimate of drug-likeness (QED) is 0.810. The molecule has 1 amide bonds. The third-order valence-corrected chi connectivity index (χ3v) is 3.22. The van der Waals surface area contributed by atoms with Gasteiger partial charge in [-0.25, -0.2) is 4.79 Å². The van der Waals surface area contributed by atoms with E-state index in [-0.39, 0.29) is 11.3 Å². The minimum atomic E-state index is -1.47. The van der Waals surface area contributed by atoms with Crippen LogP contribution in [0.1, 0.15) is 22.0 Å². The maximum Gasteiger partial charge on any atom is 0.328 e. The molecule has 104 valence electrons. The molecule has 1 heterocycles. The van der Waals surface area contributed by atoms with Crippen molar-refractivity contribution in [2.45, 2.75) is 12.1 Å². The van der Waals surface area contributed by atoms with E-state index in [0.29, 0.717) is 5.56 Å². The van der Waals surface area contributed by atoms with Crippen molar-refractivity contribution >= 4 is 11.9 Å². The number of hydrogen-bond donors (Lipinski definition) is 2. The van der Waals surface area contributed by atoms with E-state index in [4.69, 9.17) is 9.84 Å². The van der Waals surface area contributed by atoms with Gasteiger partial charge in [0.2, 0.25) is 0 Å². The highest BCUT2D eigenvalue weighted by molar-refractivity contribution is 6.04. The molecule has 2 N–H and O–H groups in total. The predicted molar refractivity (Wildman–Crippen MR) is 66.0 cm³/mol. The predicted octanol–water partition coefficient (Wildman–Crippen LogP) is 0.161. The Kier molecular flexibility index (Phi) is 3.59. The molecule has 2 atom stereocenters. The smallest absolute Gasteiger partial charge is 0.328 e. The van der Waals surface area contributed by atoms with Gasteiger partial charge in [-0.15, -0.1) is 0 Å². The molecule has 0 bridgehead atoms. The second-order valence-electron chi connectivity index (χ2n) is 4.21. The Balaban J connectivity index is 2.58. The van der Waals surface area contributed by atoms with Gasteiger partial charge in [-0.05, 0) is 6.07 Å². The number of carboxylic acids is 1. The highest BCUT2D eigenvalue weighted by Gasteiger charge is 2.45. The average Bonchev–Trinajstić information content (AvgIpc) is 2.72. The number of aliphatic carboxylic acids is 1. The van der Waals surface area contributed by atoms with E-state index in [1.54, 1.807) is 18.2 Å². The number of nitrogens with zero attached hydrogens (tertiary/aromatic N) is 2. The fourth-order valence-corrected chi connectivity index (χ4v) is 2.31. The molecule has 0 fully saturated rings. The molecule has 1 aliphatic heterocycles. The molecular formula is C13H12N2O5. The van der Waals surface area contributed by atoms with E-state index in [1.807, 2.05) is 6.07 Å². The van der Waals surface area contributed by atoms with Crippen LogP contribution < -0.4 is 4.74 Å². The summed E-state index contributed by atoms with van der Waals surface area (Å²) < 4.78 is 5.08. The van der Waals surface area contributed by atoms with Crippen LogP contribution in [-0.2, 0) is 4.79 Å². The SMILES string of the molecule is COc1cccc2c1C(=O)N(C(CO)C(=O)O)C2C#N. The summed E-state index contributed by atoms with van der Waals surface area (Å²) in [5.74, 6) is -1.73. The molecule has 0 saturated heterocycles. The van der Waals surface area contributed by atoms with Crippen molar-refractivity contribution in [1.29, 1.82) is 5.26 Å². The Labute approximate surface area is 114 Å². The summed E-state index contributed by atoms with van der Waals surface area (Å²) in [6.45, 7) is -0.768. The summed E-state index contributed by atoms with van der Waals surface area (Å²) in [5, 5.41) is 27.5. The molecule has 0 spiro atoms. The van der Waals surface area contributed by atoms with Gasteiger partial charge < -0.3 is 19.8 Å². The lowest BCUT2D eigenvalue weighted by molar-refractivity contribution is -0.144. The molecule has 7 heteroatoms. The molecule has 2 rings (SSSR count). The number of aliphatic hydroxyl groups excluding tert-OH is 1. The van der Waals surface area contributed by atoms with Crippen molar-refractivity contribution in [1.82, 2.24) is 4.90 Å². The first kappa shape index (κ1) is 13.8. The van der Waals surface area contributed by atoms with Gasteiger partial charge in [-0.3, -0.25) is 4.79 Å². The number of carbonyl (C=O) groups excluding carboxylic acids is 1. The van der Waals surface area contributed by atoms with Crippen LogP contribution >= 0.6 is 0 Å². The molecule has 0 saturated carbocycles. The molecule has 7 nitrogen and oxygen atoms in total. The van der Waals surface area contributed by atoms with E-state index >= 15 is 0 Å². The molecule has 1 aromatic rings. The summed E-state index contributed by atoms with van der Waals surface area (Å²) in [6, 6.07) is 4.12. The van der Waals surface area contributed by atoms with Crippen LogP contribution in [-0.4, -0.2) is 46.7 Å². The number of fused-ring (bicyclic) bond motifs is 1. The van der Waals surface area contributed by atoms with Crippen molar-refractivity contribution in [3.8, 4) is 11.8 Å². The second kappa shape index (κ2) is 5.19. The van der Waals surface area contributed by atoms with Crippen LogP contribution in [0.2, 0.25) is 0 Å². The van der Waals surface area contributed by atoms with E-state index in [0.717, 1.165) is 4.90 Å². The number of nitriles is 1. The van der Waals surface area contributed by atoms with Gasteiger partial charge in [0, 0.05) is 5.56 Å². The summed E-state index contributed by atoms with van der Waals surface area (Å²) in [4.78, 5) is 24.4. The van der Waals surface area contributed by atoms with Crippen molar-refractivity contribution < 1.29 is 24.5 Å². The molecule has 0 radical (unpaired) electrons. The maximum atomic E-state index is 12.4. The van der Waals surface area contributed by atoms with Crippen LogP contribution in [0.3, 0.4) is 0 Å². The van der Waals surface area contributed by atoms with Gasteiger partial charge in [-0.2, -0.15) is 5.26 Å². The number of hydrogen-bond acceptors (Lipinski definition) is 5. The summed E-state index contributed by atoms with van der Waals surface area (Å²) in [6.07, 6.45) is 0. The normalized spacial score (nSPS) is 18.4. The summed E-state index contributed by atoms with van der Waals surface area (Å²) in [7, 11) is 1.38. The Morgan fingerprint density at radius 2 is 2.30 bits per heavy atom. The Morgan fingerprint density at radius 1 is 1.60 bits per heavy atom. The van der Waals surface area contributed by atoms with Crippen LogP contribution in [0.5, 0.6) is 5.75 Å². The van der Waals surface area contributed by atoms with Crippen molar-refractivity contribution in [3.05, 3.63) is 29.3 Å². The summed E-state index contributed by atoms with van der Waals surface area (Å²) >= 11 is 0. The molecule has 0 aliphatic carbocycles. The fourth-order valence-electron chi connectivity index (χ4n) is 2.31. The highest BCUT2D eigenvalue weighted by Crippen LogP contribution is 2.39. The van der Waals surface area contributed by atoms with E-state index in [9.17, 15) is 20.0 Å². The number of ether oxygens (including phenoxy) is 1. The number of rotatable bonds is 4. The minimum absolute atomic E-state index is 0.168. The third kappa shape index (κ3) is 1.87. The van der Waals surface area contributed by atoms with Crippen molar-refractivity contribution in [2.75, 3.05) is 13.7 Å². The summed E-state index contributed by atoms with van der Waals surface area (Å²) in [5.41, 5.74) is 0.554. The fraction of sp³-hybridized carbons (Fsp3) is 0.308. The number of carbonyl (C=O) groups is 2. The number of benzene rings is 1. The van der Waals surface area contributed by atoms with Crippen molar-refractivity contribution in [2.24, 2.45) is 0 Å². The first-order chi connectivity index (χ1) is 9.56. The molecule has 0 aromatic heterocycles. The highest BCUT2D eigenvalue weighted by atomic mass is 16.5. The number of methoxy groups -OCH3 is 1.